The molecular weight excluding hydrogens is 277 g/mol. The van der Waals surface area contributed by atoms with Crippen molar-refractivity contribution in [3.63, 3.8) is 0 Å². The third-order valence-corrected chi connectivity index (χ3v) is 4.16. The molecule has 0 aliphatic heterocycles. The number of rotatable bonds is 4. The first-order valence-corrected chi connectivity index (χ1v) is 7.16. The molecule has 0 saturated heterocycles. The van der Waals surface area contributed by atoms with Gasteiger partial charge in [0.15, 0.2) is 0 Å². The highest BCUT2D eigenvalue weighted by molar-refractivity contribution is 6.60. The van der Waals surface area contributed by atoms with E-state index in [1.807, 2.05) is 18.2 Å². The van der Waals surface area contributed by atoms with Gasteiger partial charge in [-0.1, -0.05) is 24.3 Å². The smallest absolute Gasteiger partial charge is 0.423 e. The van der Waals surface area contributed by atoms with Crippen LogP contribution in [0.15, 0.2) is 36.4 Å². The van der Waals surface area contributed by atoms with Gasteiger partial charge in [0.1, 0.15) is 0 Å². The lowest BCUT2D eigenvalue weighted by Crippen LogP contribution is -2.53. The fourth-order valence-corrected chi connectivity index (χ4v) is 1.98. The quantitative estimate of drug-likeness (QED) is 0.846. The van der Waals surface area contributed by atoms with Crippen LogP contribution in [-0.4, -0.2) is 28.5 Å². The molecule has 0 heterocycles. The lowest BCUT2D eigenvalue weighted by atomic mass is 9.76. The Hall–Kier alpha value is -1.87. The van der Waals surface area contributed by atoms with Crippen LogP contribution < -0.4 is 5.46 Å². The van der Waals surface area contributed by atoms with Crippen LogP contribution in [0.25, 0.3) is 10.8 Å². The summed E-state index contributed by atoms with van der Waals surface area (Å²) in [6, 6.07) is 12.9. The van der Waals surface area contributed by atoms with E-state index in [9.17, 15) is 10.1 Å². The summed E-state index contributed by atoms with van der Waals surface area (Å²) >= 11 is 0. The largest absolute Gasteiger partial charge is 0.491 e. The standard InChI is InChI=1S/C17H20BNO3/c1-16(2,20)17(3,4)22-18(21)15-8-7-13-9-12(11-19)5-6-14(13)10-15/h5-10,20-21H,1-4H3. The molecular formula is C17H20BNO3. The third kappa shape index (κ3) is 3.31. The highest BCUT2D eigenvalue weighted by Crippen LogP contribution is 2.25. The summed E-state index contributed by atoms with van der Waals surface area (Å²) in [4.78, 5) is 0. The van der Waals surface area contributed by atoms with Crippen molar-refractivity contribution in [2.75, 3.05) is 0 Å². The summed E-state index contributed by atoms with van der Waals surface area (Å²) in [5.74, 6) is 0. The van der Waals surface area contributed by atoms with E-state index >= 15 is 0 Å². The average molecular weight is 297 g/mol. The van der Waals surface area contributed by atoms with Crippen molar-refractivity contribution in [2.24, 2.45) is 0 Å². The van der Waals surface area contributed by atoms with Gasteiger partial charge in [0.25, 0.3) is 0 Å². The van der Waals surface area contributed by atoms with E-state index in [-0.39, 0.29) is 0 Å². The molecule has 0 unspecified atom stereocenters. The number of aliphatic hydroxyl groups is 1. The van der Waals surface area contributed by atoms with Gasteiger partial charge >= 0.3 is 7.12 Å². The van der Waals surface area contributed by atoms with Gasteiger partial charge < -0.3 is 14.8 Å². The zero-order valence-corrected chi connectivity index (χ0v) is 13.3. The number of benzene rings is 2. The second-order valence-electron chi connectivity index (χ2n) is 6.47. The van der Waals surface area contributed by atoms with Crippen molar-refractivity contribution in [2.45, 2.75) is 38.9 Å². The van der Waals surface area contributed by atoms with Crippen molar-refractivity contribution in [3.8, 4) is 6.07 Å². The van der Waals surface area contributed by atoms with Gasteiger partial charge in [-0.25, -0.2) is 0 Å². The monoisotopic (exact) mass is 297 g/mol. The summed E-state index contributed by atoms with van der Waals surface area (Å²) in [6.07, 6.45) is 0. The van der Waals surface area contributed by atoms with E-state index in [0.717, 1.165) is 10.8 Å². The summed E-state index contributed by atoms with van der Waals surface area (Å²) in [5, 5.41) is 31.2. The Kier molecular flexibility index (Phi) is 4.30. The number of nitrogens with zero attached hydrogens (tertiary/aromatic N) is 1. The molecule has 5 heteroatoms. The van der Waals surface area contributed by atoms with E-state index in [1.165, 1.54) is 0 Å². The maximum absolute atomic E-state index is 10.3. The van der Waals surface area contributed by atoms with Crippen LogP contribution in [0.2, 0.25) is 0 Å². The van der Waals surface area contributed by atoms with Gasteiger partial charge in [0.2, 0.25) is 0 Å². The molecule has 2 N–H and O–H groups in total. The van der Waals surface area contributed by atoms with E-state index < -0.39 is 18.3 Å². The SMILES string of the molecule is CC(C)(O)C(C)(C)OB(O)c1ccc2cc(C#N)ccc2c1. The molecule has 0 fully saturated rings. The van der Waals surface area contributed by atoms with Crippen LogP contribution in [0, 0.1) is 11.3 Å². The molecule has 4 nitrogen and oxygen atoms in total. The third-order valence-electron chi connectivity index (χ3n) is 4.16. The van der Waals surface area contributed by atoms with Crippen molar-refractivity contribution in [1.29, 1.82) is 5.26 Å². The number of fused-ring (bicyclic) bond motifs is 1. The van der Waals surface area contributed by atoms with Crippen LogP contribution in [0.1, 0.15) is 33.3 Å². The molecule has 0 aliphatic carbocycles. The minimum atomic E-state index is -1.14. The number of hydrogen-bond acceptors (Lipinski definition) is 4. The first kappa shape index (κ1) is 16.5. The lowest BCUT2D eigenvalue weighted by molar-refractivity contribution is -0.0982. The Labute approximate surface area is 131 Å². The van der Waals surface area contributed by atoms with Crippen LogP contribution in [-0.2, 0) is 4.65 Å². The predicted octanol–water partition coefficient (Wildman–Crippen LogP) is 1.97. The van der Waals surface area contributed by atoms with Crippen LogP contribution in [0.5, 0.6) is 0 Å². The van der Waals surface area contributed by atoms with Crippen molar-refractivity contribution < 1.29 is 14.8 Å². The van der Waals surface area contributed by atoms with Gasteiger partial charge in [-0.2, -0.15) is 5.26 Å². The second kappa shape index (κ2) is 5.73. The maximum Gasteiger partial charge on any atom is 0.491 e. The molecule has 0 aromatic heterocycles. The molecule has 2 aromatic rings. The molecule has 114 valence electrons. The normalized spacial score (nSPS) is 12.2. The number of nitriles is 1. The average Bonchev–Trinajstić information content (AvgIpc) is 2.44. The van der Waals surface area contributed by atoms with E-state index in [1.54, 1.807) is 45.9 Å². The van der Waals surface area contributed by atoms with Crippen LogP contribution in [0.3, 0.4) is 0 Å². The molecule has 0 atom stereocenters. The summed E-state index contributed by atoms with van der Waals surface area (Å²) in [7, 11) is -1.14. The highest BCUT2D eigenvalue weighted by atomic mass is 16.5. The van der Waals surface area contributed by atoms with Crippen LogP contribution >= 0.6 is 0 Å². The fraction of sp³-hybridized carbons (Fsp3) is 0.353. The van der Waals surface area contributed by atoms with E-state index in [2.05, 4.69) is 6.07 Å². The van der Waals surface area contributed by atoms with Gasteiger partial charge in [-0.15, -0.1) is 0 Å². The number of hydrogen-bond donors (Lipinski definition) is 2. The van der Waals surface area contributed by atoms with Gasteiger partial charge in [0.05, 0.1) is 22.8 Å². The highest BCUT2D eigenvalue weighted by Gasteiger charge is 2.39. The van der Waals surface area contributed by atoms with Crippen molar-refractivity contribution in [1.82, 2.24) is 0 Å². The fourth-order valence-electron chi connectivity index (χ4n) is 1.98. The minimum Gasteiger partial charge on any atom is -0.423 e. The second-order valence-corrected chi connectivity index (χ2v) is 6.47. The maximum atomic E-state index is 10.3. The summed E-state index contributed by atoms with van der Waals surface area (Å²) < 4.78 is 5.64. The van der Waals surface area contributed by atoms with Crippen molar-refractivity contribution >= 4 is 23.4 Å². The molecule has 0 saturated carbocycles. The zero-order chi connectivity index (χ0) is 16.5. The molecule has 0 aliphatic rings. The summed E-state index contributed by atoms with van der Waals surface area (Å²) in [5.41, 5.74) is -0.798. The Bertz CT molecular complexity index is 729. The van der Waals surface area contributed by atoms with E-state index in [0.29, 0.717) is 11.0 Å². The molecule has 22 heavy (non-hydrogen) atoms. The molecule has 0 spiro atoms. The first-order valence-electron chi connectivity index (χ1n) is 7.16. The zero-order valence-electron chi connectivity index (χ0n) is 13.3. The van der Waals surface area contributed by atoms with E-state index in [4.69, 9.17) is 9.92 Å². The Balaban J connectivity index is 2.29. The van der Waals surface area contributed by atoms with Gasteiger partial charge in [0, 0.05) is 0 Å². The summed E-state index contributed by atoms with van der Waals surface area (Å²) in [6.45, 7) is 6.75. The first-order chi connectivity index (χ1) is 10.1. The lowest BCUT2D eigenvalue weighted by Gasteiger charge is -2.38. The topological polar surface area (TPSA) is 73.5 Å². The Morgan fingerprint density at radius 3 is 2.23 bits per heavy atom. The molecule has 2 rings (SSSR count). The Morgan fingerprint density at radius 2 is 1.64 bits per heavy atom. The Morgan fingerprint density at radius 1 is 1.05 bits per heavy atom. The molecule has 0 bridgehead atoms. The predicted molar refractivity (Wildman–Crippen MR) is 87.7 cm³/mol. The van der Waals surface area contributed by atoms with Gasteiger partial charge in [-0.05, 0) is 56.1 Å². The minimum absolute atomic E-state index is 0.597. The van der Waals surface area contributed by atoms with Crippen LogP contribution in [0.4, 0.5) is 0 Å². The molecule has 0 amide bonds. The molecule has 0 radical (unpaired) electrons. The molecule has 2 aromatic carbocycles. The van der Waals surface area contributed by atoms with Crippen molar-refractivity contribution in [3.05, 3.63) is 42.0 Å². The van der Waals surface area contributed by atoms with Gasteiger partial charge in [-0.3, -0.25) is 0 Å².